The lowest BCUT2D eigenvalue weighted by Gasteiger charge is -2.16. The molecule has 1 atom stereocenters. The maximum Gasteiger partial charge on any atom is 0.269 e. The first-order valence-electron chi connectivity index (χ1n) is 10.6. The van der Waals surface area contributed by atoms with Crippen LogP contribution in [0.2, 0.25) is 0 Å². The predicted molar refractivity (Wildman–Crippen MR) is 133 cm³/mol. The molecular weight excluding hydrogens is 470 g/mol. The molecule has 0 bridgehead atoms. The van der Waals surface area contributed by atoms with E-state index in [-0.39, 0.29) is 11.6 Å². The number of rotatable bonds is 9. The number of thioether (sulfide) groups is 1. The SMILES string of the molecule is Cc1cccc(CSc2nnc(C(C)NC(=O)Cc3cccs3)n2-c2ccc([N+](=O)[O-])cc2)c1. The van der Waals surface area contributed by atoms with E-state index in [1.165, 1.54) is 40.8 Å². The van der Waals surface area contributed by atoms with Crippen LogP contribution in [0, 0.1) is 17.0 Å². The van der Waals surface area contributed by atoms with Gasteiger partial charge in [-0.25, -0.2) is 0 Å². The number of thiophene rings is 1. The van der Waals surface area contributed by atoms with Crippen LogP contribution in [-0.2, 0) is 17.0 Å². The van der Waals surface area contributed by atoms with Crippen molar-refractivity contribution in [2.75, 3.05) is 0 Å². The fourth-order valence-electron chi connectivity index (χ4n) is 3.50. The molecule has 0 saturated heterocycles. The number of nitrogens with zero attached hydrogens (tertiary/aromatic N) is 4. The van der Waals surface area contributed by atoms with Gasteiger partial charge >= 0.3 is 0 Å². The zero-order chi connectivity index (χ0) is 24.1. The van der Waals surface area contributed by atoms with Gasteiger partial charge in [0.05, 0.1) is 17.4 Å². The Morgan fingerprint density at radius 3 is 2.65 bits per heavy atom. The Morgan fingerprint density at radius 2 is 1.97 bits per heavy atom. The molecule has 1 unspecified atom stereocenters. The number of carbonyl (C=O) groups is 1. The summed E-state index contributed by atoms with van der Waals surface area (Å²) in [4.78, 5) is 24.2. The number of nitro benzene ring substituents is 1. The number of aryl methyl sites for hydroxylation is 1. The summed E-state index contributed by atoms with van der Waals surface area (Å²) in [5, 5.41) is 25.4. The van der Waals surface area contributed by atoms with Gasteiger partial charge < -0.3 is 5.32 Å². The highest BCUT2D eigenvalue weighted by atomic mass is 32.2. The molecule has 2 aromatic carbocycles. The van der Waals surface area contributed by atoms with E-state index >= 15 is 0 Å². The van der Waals surface area contributed by atoms with Crippen LogP contribution in [0.5, 0.6) is 0 Å². The lowest BCUT2D eigenvalue weighted by Crippen LogP contribution is -2.29. The van der Waals surface area contributed by atoms with Crippen molar-refractivity contribution in [1.29, 1.82) is 0 Å². The van der Waals surface area contributed by atoms with Crippen molar-refractivity contribution < 1.29 is 9.72 Å². The number of nitro groups is 1. The molecule has 2 heterocycles. The summed E-state index contributed by atoms with van der Waals surface area (Å²) in [7, 11) is 0. The van der Waals surface area contributed by atoms with E-state index < -0.39 is 11.0 Å². The average Bonchev–Trinajstić information content (AvgIpc) is 3.47. The van der Waals surface area contributed by atoms with E-state index in [1.54, 1.807) is 12.1 Å². The van der Waals surface area contributed by atoms with Crippen molar-refractivity contribution in [3.05, 3.63) is 98.0 Å². The van der Waals surface area contributed by atoms with Gasteiger partial charge in [-0.05, 0) is 43.0 Å². The van der Waals surface area contributed by atoms with E-state index in [2.05, 4.69) is 27.6 Å². The first-order valence-corrected chi connectivity index (χ1v) is 12.5. The molecule has 0 aliphatic heterocycles. The standard InChI is InChI=1S/C24H23N5O3S2/c1-16-5-3-6-18(13-16)15-34-24-27-26-23(17(2)25-22(30)14-21-7-4-12-33-21)28(24)19-8-10-20(11-9-19)29(31)32/h3-13,17H,14-15H2,1-2H3,(H,25,30). The van der Waals surface area contributed by atoms with Gasteiger partial charge in [0.2, 0.25) is 5.91 Å². The first kappa shape index (κ1) is 23.7. The molecule has 174 valence electrons. The molecule has 0 aliphatic carbocycles. The minimum atomic E-state index is -0.433. The third kappa shape index (κ3) is 5.70. The minimum Gasteiger partial charge on any atom is -0.346 e. The molecule has 1 N–H and O–H groups in total. The highest BCUT2D eigenvalue weighted by Gasteiger charge is 2.22. The smallest absolute Gasteiger partial charge is 0.269 e. The zero-order valence-corrected chi connectivity index (χ0v) is 20.3. The number of hydrogen-bond acceptors (Lipinski definition) is 7. The monoisotopic (exact) mass is 493 g/mol. The maximum atomic E-state index is 12.6. The molecule has 0 aliphatic rings. The van der Waals surface area contributed by atoms with Crippen LogP contribution in [0.3, 0.4) is 0 Å². The van der Waals surface area contributed by atoms with E-state index in [1.807, 2.05) is 48.1 Å². The van der Waals surface area contributed by atoms with Gasteiger partial charge in [-0.2, -0.15) is 0 Å². The molecule has 10 heteroatoms. The summed E-state index contributed by atoms with van der Waals surface area (Å²) >= 11 is 3.05. The fraction of sp³-hybridized carbons (Fsp3) is 0.208. The van der Waals surface area contributed by atoms with Gasteiger partial charge in [-0.1, -0.05) is 47.7 Å². The van der Waals surface area contributed by atoms with Gasteiger partial charge in [-0.3, -0.25) is 19.5 Å². The van der Waals surface area contributed by atoms with Crippen molar-refractivity contribution in [3.63, 3.8) is 0 Å². The van der Waals surface area contributed by atoms with Crippen molar-refractivity contribution in [2.24, 2.45) is 0 Å². The molecular formula is C24H23N5O3S2. The number of aromatic nitrogens is 3. The Labute approximate surface area is 205 Å². The highest BCUT2D eigenvalue weighted by molar-refractivity contribution is 7.98. The summed E-state index contributed by atoms with van der Waals surface area (Å²) in [6, 6.07) is 17.9. The zero-order valence-electron chi connectivity index (χ0n) is 18.7. The van der Waals surface area contributed by atoms with E-state index in [9.17, 15) is 14.9 Å². The third-order valence-corrected chi connectivity index (χ3v) is 6.98. The molecule has 0 saturated carbocycles. The molecule has 0 spiro atoms. The van der Waals surface area contributed by atoms with E-state index in [0.29, 0.717) is 28.8 Å². The van der Waals surface area contributed by atoms with Crippen LogP contribution in [-0.4, -0.2) is 25.6 Å². The molecule has 2 aromatic heterocycles. The Balaban J connectivity index is 1.60. The highest BCUT2D eigenvalue weighted by Crippen LogP contribution is 2.28. The average molecular weight is 494 g/mol. The van der Waals surface area contributed by atoms with Crippen LogP contribution >= 0.6 is 23.1 Å². The van der Waals surface area contributed by atoms with Gasteiger partial charge in [0.25, 0.3) is 5.69 Å². The molecule has 0 radical (unpaired) electrons. The molecule has 0 fully saturated rings. The normalized spacial score (nSPS) is 11.8. The molecule has 4 rings (SSSR count). The van der Waals surface area contributed by atoms with Crippen LogP contribution < -0.4 is 5.32 Å². The molecule has 1 amide bonds. The second kappa shape index (κ2) is 10.6. The number of hydrogen-bond donors (Lipinski definition) is 1. The Hall–Kier alpha value is -3.50. The number of benzene rings is 2. The largest absolute Gasteiger partial charge is 0.346 e. The minimum absolute atomic E-state index is 0.00429. The van der Waals surface area contributed by atoms with Crippen molar-refractivity contribution >= 4 is 34.7 Å². The van der Waals surface area contributed by atoms with Crippen LogP contribution in [0.4, 0.5) is 5.69 Å². The quantitative estimate of drug-likeness (QED) is 0.194. The Kier molecular flexibility index (Phi) is 7.39. The summed E-state index contributed by atoms with van der Waals surface area (Å²) in [5.41, 5.74) is 3.03. The van der Waals surface area contributed by atoms with Gasteiger partial charge in [0, 0.05) is 28.5 Å². The fourth-order valence-corrected chi connectivity index (χ4v) is 5.10. The first-order chi connectivity index (χ1) is 16.4. The lowest BCUT2D eigenvalue weighted by molar-refractivity contribution is -0.384. The van der Waals surface area contributed by atoms with Crippen LogP contribution in [0.15, 0.2) is 71.2 Å². The van der Waals surface area contributed by atoms with Crippen molar-refractivity contribution in [1.82, 2.24) is 20.1 Å². The maximum absolute atomic E-state index is 12.6. The second-order valence-corrected chi connectivity index (χ2v) is 9.75. The number of nitrogens with one attached hydrogen (secondary N) is 1. The predicted octanol–water partition coefficient (Wildman–Crippen LogP) is 5.26. The number of carbonyl (C=O) groups excluding carboxylic acids is 1. The van der Waals surface area contributed by atoms with E-state index in [4.69, 9.17) is 0 Å². The molecule has 4 aromatic rings. The second-order valence-electron chi connectivity index (χ2n) is 7.77. The number of non-ortho nitro benzene ring substituents is 1. The Morgan fingerprint density at radius 1 is 1.18 bits per heavy atom. The summed E-state index contributed by atoms with van der Waals surface area (Å²) < 4.78 is 1.85. The topological polar surface area (TPSA) is 103 Å². The third-order valence-electron chi connectivity index (χ3n) is 5.11. The van der Waals surface area contributed by atoms with Gasteiger partial charge in [-0.15, -0.1) is 21.5 Å². The van der Waals surface area contributed by atoms with E-state index in [0.717, 1.165) is 10.4 Å². The van der Waals surface area contributed by atoms with Gasteiger partial charge in [0.15, 0.2) is 11.0 Å². The summed E-state index contributed by atoms with van der Waals surface area (Å²) in [6.07, 6.45) is 0.294. The lowest BCUT2D eigenvalue weighted by atomic mass is 10.2. The summed E-state index contributed by atoms with van der Waals surface area (Å²) in [6.45, 7) is 3.90. The van der Waals surface area contributed by atoms with Crippen molar-refractivity contribution in [3.8, 4) is 5.69 Å². The number of amides is 1. The van der Waals surface area contributed by atoms with Crippen LogP contribution in [0.1, 0.15) is 34.8 Å². The summed E-state index contributed by atoms with van der Waals surface area (Å²) in [5.74, 6) is 1.13. The van der Waals surface area contributed by atoms with Gasteiger partial charge in [0.1, 0.15) is 0 Å². The van der Waals surface area contributed by atoms with Crippen LogP contribution in [0.25, 0.3) is 5.69 Å². The van der Waals surface area contributed by atoms with Crippen molar-refractivity contribution in [2.45, 2.75) is 37.2 Å². The molecule has 8 nitrogen and oxygen atoms in total. The molecule has 34 heavy (non-hydrogen) atoms. The Bertz CT molecular complexity index is 1290.